The van der Waals surface area contributed by atoms with Gasteiger partial charge in [-0.15, -0.1) is 0 Å². The van der Waals surface area contributed by atoms with Gasteiger partial charge < -0.3 is 14.5 Å². The van der Waals surface area contributed by atoms with Crippen molar-refractivity contribution in [1.29, 1.82) is 0 Å². The van der Waals surface area contributed by atoms with Crippen molar-refractivity contribution >= 4 is 29.7 Å². The number of carbonyl (C=O) groups is 1. The number of amidine groups is 1. The third-order valence-corrected chi connectivity index (χ3v) is 5.36. The SMILES string of the molecule is COc1ccc(CN2C(=O)N(c3ccc(OC)cc3)C3C2=NC=Nc2nc[nH]c23)cc1. The molecule has 1 saturated heterocycles. The predicted molar refractivity (Wildman–Crippen MR) is 116 cm³/mol. The van der Waals surface area contributed by atoms with Crippen LogP contribution in [0.4, 0.5) is 16.3 Å². The van der Waals surface area contributed by atoms with Crippen LogP contribution in [0.5, 0.6) is 11.5 Å². The molecule has 9 nitrogen and oxygen atoms in total. The summed E-state index contributed by atoms with van der Waals surface area (Å²) < 4.78 is 10.5. The molecule has 2 aromatic carbocycles. The summed E-state index contributed by atoms with van der Waals surface area (Å²) in [5.74, 6) is 2.57. The van der Waals surface area contributed by atoms with Gasteiger partial charge in [0.05, 0.1) is 32.8 Å². The van der Waals surface area contributed by atoms with E-state index in [0.29, 0.717) is 29.6 Å². The number of aromatic nitrogens is 2. The van der Waals surface area contributed by atoms with E-state index in [0.717, 1.165) is 17.0 Å². The van der Waals surface area contributed by atoms with Gasteiger partial charge in [-0.05, 0) is 42.0 Å². The van der Waals surface area contributed by atoms with Crippen molar-refractivity contribution < 1.29 is 14.3 Å². The van der Waals surface area contributed by atoms with Crippen LogP contribution in [0.15, 0.2) is 64.8 Å². The van der Waals surface area contributed by atoms with Crippen molar-refractivity contribution in [2.45, 2.75) is 12.6 Å². The molecule has 0 bridgehead atoms. The highest BCUT2D eigenvalue weighted by atomic mass is 16.5. The molecule has 1 N–H and O–H groups in total. The fourth-order valence-electron chi connectivity index (χ4n) is 3.81. The Kier molecular flexibility index (Phi) is 4.62. The molecule has 0 saturated carbocycles. The first kappa shape index (κ1) is 18.9. The third kappa shape index (κ3) is 3.20. The second-order valence-corrected chi connectivity index (χ2v) is 7.06. The topological polar surface area (TPSA) is 95.4 Å². The van der Waals surface area contributed by atoms with Gasteiger partial charge in [-0.1, -0.05) is 12.1 Å². The number of aromatic amines is 1. The van der Waals surface area contributed by atoms with E-state index in [1.54, 1.807) is 30.3 Å². The number of rotatable bonds is 5. The first-order chi connectivity index (χ1) is 15.2. The third-order valence-electron chi connectivity index (χ3n) is 5.36. The zero-order valence-corrected chi connectivity index (χ0v) is 17.0. The van der Waals surface area contributed by atoms with Crippen LogP contribution in [0, 0.1) is 0 Å². The number of fused-ring (bicyclic) bond motifs is 3. The Bertz CT molecular complexity index is 1170. The first-order valence-electron chi connectivity index (χ1n) is 9.71. The molecule has 2 aliphatic rings. The van der Waals surface area contributed by atoms with Gasteiger partial charge in [0.25, 0.3) is 0 Å². The van der Waals surface area contributed by atoms with E-state index in [-0.39, 0.29) is 6.03 Å². The number of urea groups is 1. The van der Waals surface area contributed by atoms with Crippen molar-refractivity contribution in [3.8, 4) is 11.5 Å². The van der Waals surface area contributed by atoms with Crippen molar-refractivity contribution in [3.05, 3.63) is 66.1 Å². The Labute approximate surface area is 178 Å². The molecule has 156 valence electrons. The monoisotopic (exact) mass is 416 g/mol. The number of H-pyrrole nitrogens is 1. The summed E-state index contributed by atoms with van der Waals surface area (Å²) in [6.45, 7) is 0.363. The molecular formula is C22H20N6O3. The summed E-state index contributed by atoms with van der Waals surface area (Å²) in [4.78, 5) is 33.3. The number of nitrogens with one attached hydrogen (secondary N) is 1. The fraction of sp³-hybridized carbons (Fsp3) is 0.182. The van der Waals surface area contributed by atoms with Gasteiger partial charge in [0, 0.05) is 5.69 Å². The second kappa shape index (κ2) is 7.60. The number of hydrogen-bond donors (Lipinski definition) is 1. The maximum absolute atomic E-state index is 13.6. The molecule has 31 heavy (non-hydrogen) atoms. The molecule has 1 fully saturated rings. The minimum Gasteiger partial charge on any atom is -0.497 e. The highest BCUT2D eigenvalue weighted by molar-refractivity contribution is 6.18. The average Bonchev–Trinajstić information content (AvgIpc) is 3.32. The largest absolute Gasteiger partial charge is 0.497 e. The van der Waals surface area contributed by atoms with Crippen molar-refractivity contribution in [2.24, 2.45) is 9.98 Å². The number of methoxy groups -OCH3 is 2. The van der Waals surface area contributed by atoms with Crippen LogP contribution in [-0.2, 0) is 6.54 Å². The van der Waals surface area contributed by atoms with Gasteiger partial charge in [0.1, 0.15) is 29.7 Å². The Balaban J connectivity index is 1.57. The van der Waals surface area contributed by atoms with Crippen LogP contribution in [0.25, 0.3) is 0 Å². The second-order valence-electron chi connectivity index (χ2n) is 7.06. The average molecular weight is 416 g/mol. The van der Waals surface area contributed by atoms with Crippen LogP contribution in [0.3, 0.4) is 0 Å². The molecule has 3 aromatic rings. The zero-order chi connectivity index (χ0) is 21.4. The molecule has 1 aromatic heterocycles. The van der Waals surface area contributed by atoms with E-state index < -0.39 is 6.04 Å². The molecule has 3 heterocycles. The number of amides is 2. The van der Waals surface area contributed by atoms with Gasteiger partial charge in [-0.25, -0.2) is 19.8 Å². The van der Waals surface area contributed by atoms with Crippen LogP contribution in [0.1, 0.15) is 17.3 Å². The van der Waals surface area contributed by atoms with Crippen LogP contribution in [-0.4, -0.2) is 47.3 Å². The standard InChI is InChI=1S/C22H20N6O3/c1-30-16-7-3-14(4-8-16)11-27-21-19(18-20(24-12-23-18)25-13-26-21)28(22(27)29)15-5-9-17(31-2)10-6-15/h3-10,12-13,19H,11H2,1-2H3,(H,23,24). The maximum atomic E-state index is 13.6. The van der Waals surface area contributed by atoms with E-state index in [4.69, 9.17) is 9.47 Å². The van der Waals surface area contributed by atoms with Crippen LogP contribution in [0.2, 0.25) is 0 Å². The number of ether oxygens (including phenoxy) is 2. The Morgan fingerprint density at radius 3 is 2.35 bits per heavy atom. The smallest absolute Gasteiger partial charge is 0.331 e. The molecule has 9 heteroatoms. The number of hydrogen-bond acceptors (Lipinski definition) is 6. The summed E-state index contributed by atoms with van der Waals surface area (Å²) >= 11 is 0. The highest BCUT2D eigenvalue weighted by Crippen LogP contribution is 2.40. The number of anilines is 1. The number of aliphatic imine (C=N–C) groups is 2. The van der Waals surface area contributed by atoms with E-state index in [2.05, 4.69) is 20.0 Å². The minimum absolute atomic E-state index is 0.180. The zero-order valence-electron chi connectivity index (χ0n) is 17.0. The molecule has 1 unspecified atom stereocenters. The summed E-state index contributed by atoms with van der Waals surface area (Å²) in [7, 11) is 3.23. The van der Waals surface area contributed by atoms with Crippen LogP contribution < -0.4 is 14.4 Å². The highest BCUT2D eigenvalue weighted by Gasteiger charge is 2.47. The van der Waals surface area contributed by atoms with E-state index in [1.165, 1.54) is 6.34 Å². The van der Waals surface area contributed by atoms with Crippen molar-refractivity contribution in [2.75, 3.05) is 19.1 Å². The summed E-state index contributed by atoms with van der Waals surface area (Å²) in [5, 5.41) is 0. The van der Waals surface area contributed by atoms with Gasteiger partial charge in [0.15, 0.2) is 5.82 Å². The summed E-state index contributed by atoms with van der Waals surface area (Å²) in [6, 6.07) is 14.3. The van der Waals surface area contributed by atoms with Crippen molar-refractivity contribution in [1.82, 2.24) is 14.9 Å². The van der Waals surface area contributed by atoms with E-state index in [1.807, 2.05) is 48.5 Å². The van der Waals surface area contributed by atoms with E-state index in [9.17, 15) is 4.79 Å². The Hall–Kier alpha value is -4.14. The predicted octanol–water partition coefficient (Wildman–Crippen LogP) is 3.68. The van der Waals surface area contributed by atoms with Crippen molar-refractivity contribution in [3.63, 3.8) is 0 Å². The normalized spacial score (nSPS) is 17.2. The van der Waals surface area contributed by atoms with Gasteiger partial charge in [0.2, 0.25) is 0 Å². The van der Waals surface area contributed by atoms with Crippen LogP contribution >= 0.6 is 0 Å². The van der Waals surface area contributed by atoms with Gasteiger partial charge in [-0.2, -0.15) is 0 Å². The Morgan fingerprint density at radius 1 is 1.00 bits per heavy atom. The number of imidazole rings is 1. The molecule has 2 amide bonds. The number of nitrogens with zero attached hydrogens (tertiary/aromatic N) is 5. The molecule has 0 spiro atoms. The molecule has 5 rings (SSSR count). The lowest BCUT2D eigenvalue weighted by Crippen LogP contribution is -2.33. The molecule has 2 aliphatic heterocycles. The Morgan fingerprint density at radius 2 is 1.68 bits per heavy atom. The lowest BCUT2D eigenvalue weighted by molar-refractivity contribution is 0.231. The molecule has 0 aliphatic carbocycles. The lowest BCUT2D eigenvalue weighted by atomic mass is 10.1. The number of carbonyl (C=O) groups excluding carboxylic acids is 1. The quantitative estimate of drug-likeness (QED) is 0.686. The minimum atomic E-state index is -0.473. The molecule has 0 radical (unpaired) electrons. The fourth-order valence-corrected chi connectivity index (χ4v) is 3.81. The number of benzene rings is 2. The summed E-state index contributed by atoms with van der Waals surface area (Å²) in [6.07, 6.45) is 3.02. The summed E-state index contributed by atoms with van der Waals surface area (Å²) in [5.41, 5.74) is 2.40. The molecular weight excluding hydrogens is 396 g/mol. The van der Waals surface area contributed by atoms with E-state index >= 15 is 0 Å². The first-order valence-corrected chi connectivity index (χ1v) is 9.71. The van der Waals surface area contributed by atoms with Gasteiger partial charge in [-0.3, -0.25) is 9.80 Å². The molecule has 1 atom stereocenters. The van der Waals surface area contributed by atoms with Gasteiger partial charge >= 0.3 is 6.03 Å². The maximum Gasteiger partial charge on any atom is 0.331 e. The lowest BCUT2D eigenvalue weighted by Gasteiger charge is -2.22.